The molecule has 1 aliphatic heterocycles. The van der Waals surface area contributed by atoms with E-state index in [1.807, 2.05) is 30.3 Å². The molecule has 4 rings (SSSR count). The minimum absolute atomic E-state index is 0.00529. The van der Waals surface area contributed by atoms with E-state index in [1.54, 1.807) is 17.0 Å². The average molecular weight is 427 g/mol. The van der Waals surface area contributed by atoms with E-state index in [-0.39, 0.29) is 16.7 Å². The van der Waals surface area contributed by atoms with Gasteiger partial charge in [-0.1, -0.05) is 54.1 Å². The number of carbonyl (C=O) groups is 1. The zero-order valence-corrected chi connectivity index (χ0v) is 16.8. The van der Waals surface area contributed by atoms with Crippen molar-refractivity contribution in [3.8, 4) is 0 Å². The Kier molecular flexibility index (Phi) is 5.81. The Morgan fingerprint density at radius 3 is 2.47 bits per heavy atom. The number of carbonyl (C=O) groups excluding carboxylic acids is 1. The Hall–Kier alpha value is -3.19. The topological polar surface area (TPSA) is 67.2 Å². The summed E-state index contributed by atoms with van der Waals surface area (Å²) < 4.78 is 14.4. The second-order valence-electron chi connectivity index (χ2n) is 7.19. The van der Waals surface area contributed by atoms with Crippen LogP contribution < -0.4 is 10.9 Å². The molecule has 1 unspecified atom stereocenters. The predicted octanol–water partition coefficient (Wildman–Crippen LogP) is 3.30. The van der Waals surface area contributed by atoms with Gasteiger partial charge in [0.1, 0.15) is 16.9 Å². The molecule has 154 valence electrons. The zero-order chi connectivity index (χ0) is 21.1. The molecular weight excluding hydrogens is 407 g/mol. The summed E-state index contributed by atoms with van der Waals surface area (Å²) in [6.45, 7) is 1.28. The van der Waals surface area contributed by atoms with E-state index in [0.717, 1.165) is 11.1 Å². The summed E-state index contributed by atoms with van der Waals surface area (Å²) in [5, 5.41) is 7.26. The fourth-order valence-electron chi connectivity index (χ4n) is 3.46. The summed E-state index contributed by atoms with van der Waals surface area (Å²) >= 11 is 6.28. The van der Waals surface area contributed by atoms with Gasteiger partial charge in [0.15, 0.2) is 0 Å². The lowest BCUT2D eigenvalue weighted by molar-refractivity contribution is -0.128. The van der Waals surface area contributed by atoms with Gasteiger partial charge in [-0.2, -0.15) is 5.10 Å². The summed E-state index contributed by atoms with van der Waals surface area (Å²) in [5.41, 5.74) is 1.71. The quantitative estimate of drug-likeness (QED) is 0.656. The van der Waals surface area contributed by atoms with Crippen molar-refractivity contribution in [1.29, 1.82) is 0 Å². The molecule has 8 heteroatoms. The number of halogens is 2. The maximum Gasteiger partial charge on any atom is 0.287 e. The lowest BCUT2D eigenvalue weighted by Crippen LogP contribution is -2.34. The van der Waals surface area contributed by atoms with Gasteiger partial charge in [-0.25, -0.2) is 9.07 Å². The SMILES string of the molecule is O=C1C(Nc2cnn(Cc3ccccc3)c(=O)c2Cl)CCN1Cc1ccc(F)cc1. The maximum absolute atomic E-state index is 13.1. The molecule has 0 saturated carbocycles. The van der Waals surface area contributed by atoms with Gasteiger partial charge < -0.3 is 10.2 Å². The molecule has 1 N–H and O–H groups in total. The highest BCUT2D eigenvalue weighted by molar-refractivity contribution is 6.33. The Bertz CT molecular complexity index is 1100. The van der Waals surface area contributed by atoms with Crippen molar-refractivity contribution in [2.24, 2.45) is 0 Å². The van der Waals surface area contributed by atoms with Crippen molar-refractivity contribution in [3.63, 3.8) is 0 Å². The van der Waals surface area contributed by atoms with Crippen LogP contribution in [0, 0.1) is 5.82 Å². The molecule has 3 aromatic rings. The number of amides is 1. The third-order valence-electron chi connectivity index (χ3n) is 5.07. The first-order valence-electron chi connectivity index (χ1n) is 9.60. The minimum atomic E-state index is -0.492. The normalized spacial score (nSPS) is 16.1. The first-order chi connectivity index (χ1) is 14.5. The molecule has 0 aliphatic carbocycles. The molecule has 1 aromatic heterocycles. The van der Waals surface area contributed by atoms with E-state index in [1.165, 1.54) is 23.0 Å². The van der Waals surface area contributed by atoms with Crippen molar-refractivity contribution in [1.82, 2.24) is 14.7 Å². The molecule has 2 aromatic carbocycles. The summed E-state index contributed by atoms with van der Waals surface area (Å²) in [6.07, 6.45) is 2.05. The van der Waals surface area contributed by atoms with Gasteiger partial charge in [0, 0.05) is 13.1 Å². The molecule has 0 radical (unpaired) electrons. The zero-order valence-electron chi connectivity index (χ0n) is 16.1. The number of hydrogen-bond donors (Lipinski definition) is 1. The summed E-state index contributed by atoms with van der Waals surface area (Å²) in [7, 11) is 0. The van der Waals surface area contributed by atoms with Crippen LogP contribution in [-0.2, 0) is 17.9 Å². The highest BCUT2D eigenvalue weighted by atomic mass is 35.5. The third-order valence-corrected chi connectivity index (χ3v) is 5.44. The first-order valence-corrected chi connectivity index (χ1v) is 9.98. The van der Waals surface area contributed by atoms with Gasteiger partial charge in [0.05, 0.1) is 18.4 Å². The van der Waals surface area contributed by atoms with Crippen molar-refractivity contribution >= 4 is 23.2 Å². The molecule has 6 nitrogen and oxygen atoms in total. The van der Waals surface area contributed by atoms with Gasteiger partial charge in [-0.15, -0.1) is 0 Å². The largest absolute Gasteiger partial charge is 0.371 e. The van der Waals surface area contributed by atoms with Crippen LogP contribution in [0.25, 0.3) is 0 Å². The summed E-state index contributed by atoms with van der Waals surface area (Å²) in [5.74, 6) is -0.404. The van der Waals surface area contributed by atoms with Crippen LogP contribution in [0.15, 0.2) is 65.6 Å². The highest BCUT2D eigenvalue weighted by Gasteiger charge is 2.32. The number of nitrogens with one attached hydrogen (secondary N) is 1. The van der Waals surface area contributed by atoms with Crippen molar-refractivity contribution in [2.45, 2.75) is 25.6 Å². The molecular formula is C22H20ClFN4O2. The first kappa shape index (κ1) is 20.1. The van der Waals surface area contributed by atoms with E-state index >= 15 is 0 Å². The van der Waals surface area contributed by atoms with Gasteiger partial charge in [0.25, 0.3) is 5.56 Å². The number of hydrogen-bond acceptors (Lipinski definition) is 4. The molecule has 1 saturated heterocycles. The fraction of sp³-hybridized carbons (Fsp3) is 0.227. The van der Waals surface area contributed by atoms with Crippen LogP contribution in [-0.4, -0.2) is 33.2 Å². The standard InChI is InChI=1S/C22H20ClFN4O2/c23-20-19(12-25-28(22(20)30)14-15-4-2-1-3-5-15)26-18-10-11-27(21(18)29)13-16-6-8-17(24)9-7-16/h1-9,12,18,26H,10-11,13-14H2. The van der Waals surface area contributed by atoms with E-state index in [9.17, 15) is 14.0 Å². The Labute approximate surface area is 177 Å². The fourth-order valence-corrected chi connectivity index (χ4v) is 3.66. The number of anilines is 1. The second kappa shape index (κ2) is 8.67. The Morgan fingerprint density at radius 2 is 1.73 bits per heavy atom. The number of rotatable bonds is 6. The second-order valence-corrected chi connectivity index (χ2v) is 7.57. The Balaban J connectivity index is 1.44. The van der Waals surface area contributed by atoms with Crippen LogP contribution in [0.3, 0.4) is 0 Å². The van der Waals surface area contributed by atoms with E-state index in [2.05, 4.69) is 10.4 Å². The maximum atomic E-state index is 13.1. The van der Waals surface area contributed by atoms with E-state index < -0.39 is 11.6 Å². The number of aromatic nitrogens is 2. The van der Waals surface area contributed by atoms with Gasteiger partial charge in [-0.3, -0.25) is 9.59 Å². The summed E-state index contributed by atoms with van der Waals surface area (Å²) in [6, 6.07) is 15.1. The monoisotopic (exact) mass is 426 g/mol. The lowest BCUT2D eigenvalue weighted by Gasteiger charge is -2.18. The summed E-state index contributed by atoms with van der Waals surface area (Å²) in [4.78, 5) is 27.0. The highest BCUT2D eigenvalue weighted by Crippen LogP contribution is 2.22. The minimum Gasteiger partial charge on any atom is -0.371 e. The molecule has 30 heavy (non-hydrogen) atoms. The number of likely N-dealkylation sites (tertiary alicyclic amines) is 1. The lowest BCUT2D eigenvalue weighted by atomic mass is 10.2. The van der Waals surface area contributed by atoms with Crippen LogP contribution in [0.5, 0.6) is 0 Å². The number of benzene rings is 2. The molecule has 1 fully saturated rings. The van der Waals surface area contributed by atoms with Crippen molar-refractivity contribution in [3.05, 3.63) is 93.1 Å². The van der Waals surface area contributed by atoms with Gasteiger partial charge in [-0.05, 0) is 29.7 Å². The predicted molar refractivity (Wildman–Crippen MR) is 113 cm³/mol. The van der Waals surface area contributed by atoms with E-state index in [0.29, 0.717) is 31.7 Å². The Morgan fingerprint density at radius 1 is 1.03 bits per heavy atom. The molecule has 1 atom stereocenters. The van der Waals surface area contributed by atoms with Crippen LogP contribution in [0.4, 0.5) is 10.1 Å². The van der Waals surface area contributed by atoms with Crippen molar-refractivity contribution < 1.29 is 9.18 Å². The molecule has 0 spiro atoms. The van der Waals surface area contributed by atoms with Gasteiger partial charge in [0.2, 0.25) is 5.91 Å². The molecule has 0 bridgehead atoms. The van der Waals surface area contributed by atoms with Gasteiger partial charge >= 0.3 is 0 Å². The van der Waals surface area contributed by atoms with E-state index in [4.69, 9.17) is 11.6 Å². The van der Waals surface area contributed by atoms with Crippen LogP contribution in [0.2, 0.25) is 5.02 Å². The van der Waals surface area contributed by atoms with Crippen molar-refractivity contribution in [2.75, 3.05) is 11.9 Å². The van der Waals surface area contributed by atoms with Crippen LogP contribution >= 0.6 is 11.6 Å². The number of nitrogens with zero attached hydrogens (tertiary/aromatic N) is 3. The smallest absolute Gasteiger partial charge is 0.287 e. The molecule has 1 amide bonds. The average Bonchev–Trinajstić information content (AvgIpc) is 3.09. The molecule has 2 heterocycles. The van der Waals surface area contributed by atoms with Crippen LogP contribution in [0.1, 0.15) is 17.5 Å². The molecule has 1 aliphatic rings. The third kappa shape index (κ3) is 4.36.